The number of piperidine rings is 1. The molecule has 6 nitrogen and oxygen atoms in total. The molecule has 0 aromatic heterocycles. The molecule has 0 saturated carbocycles. The second kappa shape index (κ2) is 8.06. The molecule has 1 amide bonds. The summed E-state index contributed by atoms with van der Waals surface area (Å²) in [6.45, 7) is 3.30. The third-order valence-corrected chi connectivity index (χ3v) is 6.02. The second-order valence-electron chi connectivity index (χ2n) is 6.08. The van der Waals surface area contributed by atoms with Gasteiger partial charge in [-0.15, -0.1) is 0 Å². The van der Waals surface area contributed by atoms with Gasteiger partial charge in [-0.05, 0) is 25.5 Å². The fourth-order valence-electron chi connectivity index (χ4n) is 2.96. The first kappa shape index (κ1) is 17.4. The summed E-state index contributed by atoms with van der Waals surface area (Å²) >= 11 is 1.91. The van der Waals surface area contributed by atoms with Gasteiger partial charge < -0.3 is 20.3 Å². The van der Waals surface area contributed by atoms with Crippen molar-refractivity contribution in [3.63, 3.8) is 0 Å². The number of carbonyl (C=O) groups is 1. The number of guanidine groups is 1. The first-order chi connectivity index (χ1) is 10.6. The van der Waals surface area contributed by atoms with Crippen LogP contribution >= 0.6 is 11.8 Å². The highest BCUT2D eigenvalue weighted by molar-refractivity contribution is 8.00. The van der Waals surface area contributed by atoms with Crippen molar-refractivity contribution in [1.29, 1.82) is 0 Å². The van der Waals surface area contributed by atoms with Crippen LogP contribution in [0.25, 0.3) is 0 Å². The molecule has 22 heavy (non-hydrogen) atoms. The van der Waals surface area contributed by atoms with Gasteiger partial charge in [0.2, 0.25) is 5.91 Å². The molecular weight excluding hydrogens is 300 g/mol. The summed E-state index contributed by atoms with van der Waals surface area (Å²) in [7, 11) is 3.65. The number of likely N-dealkylation sites (N-methyl/N-ethyl adjacent to an activating group) is 1. The van der Waals surface area contributed by atoms with Crippen LogP contribution in [0.2, 0.25) is 0 Å². The number of nitrogens with zero attached hydrogens (tertiary/aromatic N) is 2. The molecule has 2 saturated heterocycles. The highest BCUT2D eigenvalue weighted by Crippen LogP contribution is 2.32. The van der Waals surface area contributed by atoms with Crippen molar-refractivity contribution in [2.45, 2.75) is 36.5 Å². The van der Waals surface area contributed by atoms with Gasteiger partial charge in [-0.25, -0.2) is 0 Å². The molecule has 2 fully saturated rings. The van der Waals surface area contributed by atoms with Gasteiger partial charge in [0.1, 0.15) is 0 Å². The van der Waals surface area contributed by atoms with Gasteiger partial charge in [0.15, 0.2) is 5.96 Å². The van der Waals surface area contributed by atoms with Crippen LogP contribution in [0.15, 0.2) is 4.99 Å². The van der Waals surface area contributed by atoms with Gasteiger partial charge in [-0.2, -0.15) is 11.8 Å². The minimum absolute atomic E-state index is 0.226. The smallest absolute Gasteiger partial charge is 0.222 e. The molecule has 2 rings (SSSR count). The van der Waals surface area contributed by atoms with Crippen molar-refractivity contribution in [3.8, 4) is 0 Å². The van der Waals surface area contributed by atoms with Gasteiger partial charge in [0.05, 0.1) is 0 Å². The molecule has 0 aliphatic carbocycles. The van der Waals surface area contributed by atoms with E-state index in [0.29, 0.717) is 6.42 Å². The topological polar surface area (TPSA) is 66.0 Å². The number of thioether (sulfide) groups is 1. The summed E-state index contributed by atoms with van der Waals surface area (Å²) in [6.07, 6.45) is 5.78. The maximum absolute atomic E-state index is 11.5. The lowest BCUT2D eigenvalue weighted by Crippen LogP contribution is -2.54. The molecule has 0 bridgehead atoms. The third-order valence-electron chi connectivity index (χ3n) is 4.61. The molecule has 2 aliphatic heterocycles. The lowest BCUT2D eigenvalue weighted by atomic mass is 9.99. The average molecular weight is 328 g/mol. The van der Waals surface area contributed by atoms with E-state index in [4.69, 9.17) is 4.74 Å². The molecule has 0 aromatic rings. The lowest BCUT2D eigenvalue weighted by Gasteiger charge is -2.37. The Labute approximate surface area is 137 Å². The SMILES string of the molecule is CN=C(NCC1(SC)CCOCC1)NC1CCC(=O)N(C)C1. The highest BCUT2D eigenvalue weighted by Gasteiger charge is 2.32. The number of rotatable bonds is 4. The number of ether oxygens (including phenoxy) is 1. The molecule has 1 atom stereocenters. The summed E-state index contributed by atoms with van der Waals surface area (Å²) in [5.41, 5.74) is 0. The van der Waals surface area contributed by atoms with E-state index in [9.17, 15) is 4.79 Å². The van der Waals surface area contributed by atoms with Crippen molar-refractivity contribution < 1.29 is 9.53 Å². The monoisotopic (exact) mass is 328 g/mol. The number of likely N-dealkylation sites (tertiary alicyclic amines) is 1. The molecular formula is C15H28N4O2S. The van der Waals surface area contributed by atoms with Crippen LogP contribution in [0.3, 0.4) is 0 Å². The van der Waals surface area contributed by atoms with Crippen LogP contribution in [0.1, 0.15) is 25.7 Å². The first-order valence-corrected chi connectivity index (χ1v) is 9.15. The van der Waals surface area contributed by atoms with Crippen LogP contribution in [0.5, 0.6) is 0 Å². The normalized spacial score (nSPS) is 26.0. The summed E-state index contributed by atoms with van der Waals surface area (Å²) in [6, 6.07) is 0.272. The molecule has 2 N–H and O–H groups in total. The highest BCUT2D eigenvalue weighted by atomic mass is 32.2. The Morgan fingerprint density at radius 2 is 2.23 bits per heavy atom. The van der Waals surface area contributed by atoms with Crippen molar-refractivity contribution in [3.05, 3.63) is 0 Å². The zero-order valence-electron chi connectivity index (χ0n) is 13.9. The van der Waals surface area contributed by atoms with E-state index in [2.05, 4.69) is 21.9 Å². The molecule has 126 valence electrons. The van der Waals surface area contributed by atoms with Crippen LogP contribution in [-0.2, 0) is 9.53 Å². The number of carbonyl (C=O) groups excluding carboxylic acids is 1. The maximum atomic E-state index is 11.5. The number of hydrogen-bond donors (Lipinski definition) is 2. The average Bonchev–Trinajstić information content (AvgIpc) is 2.55. The zero-order valence-corrected chi connectivity index (χ0v) is 14.7. The van der Waals surface area contributed by atoms with E-state index in [1.165, 1.54) is 0 Å². The van der Waals surface area contributed by atoms with Gasteiger partial charge in [0.25, 0.3) is 0 Å². The largest absolute Gasteiger partial charge is 0.381 e. The van der Waals surface area contributed by atoms with Crippen molar-refractivity contribution in [2.75, 3.05) is 46.7 Å². The van der Waals surface area contributed by atoms with E-state index in [1.54, 1.807) is 11.9 Å². The Balaban J connectivity index is 1.83. The van der Waals surface area contributed by atoms with Crippen molar-refractivity contribution >= 4 is 23.6 Å². The molecule has 0 radical (unpaired) electrons. The van der Waals surface area contributed by atoms with E-state index in [0.717, 1.165) is 51.5 Å². The van der Waals surface area contributed by atoms with E-state index in [1.807, 2.05) is 18.8 Å². The van der Waals surface area contributed by atoms with E-state index < -0.39 is 0 Å². The summed E-state index contributed by atoms with van der Waals surface area (Å²) < 4.78 is 5.71. The molecule has 2 heterocycles. The number of aliphatic imine (C=N–C) groups is 1. The molecule has 1 unspecified atom stereocenters. The Kier molecular flexibility index (Phi) is 6.37. The van der Waals surface area contributed by atoms with Gasteiger partial charge in [-0.3, -0.25) is 9.79 Å². The standard InChI is InChI=1S/C15H28N4O2S/c1-16-14(18-12-4-5-13(20)19(2)10-12)17-11-15(22-3)6-8-21-9-7-15/h12H,4-11H2,1-3H3,(H2,16,17,18). The summed E-state index contributed by atoms with van der Waals surface area (Å²) in [5, 5.41) is 6.91. The maximum Gasteiger partial charge on any atom is 0.222 e. The molecule has 7 heteroatoms. The van der Waals surface area contributed by atoms with Crippen LogP contribution < -0.4 is 10.6 Å². The Morgan fingerprint density at radius 1 is 1.50 bits per heavy atom. The molecule has 0 spiro atoms. The minimum atomic E-state index is 0.226. The quantitative estimate of drug-likeness (QED) is 0.587. The second-order valence-corrected chi connectivity index (χ2v) is 7.35. The summed E-state index contributed by atoms with van der Waals surface area (Å²) in [4.78, 5) is 17.7. The number of amides is 1. The summed E-state index contributed by atoms with van der Waals surface area (Å²) in [5.74, 6) is 1.05. The minimum Gasteiger partial charge on any atom is -0.381 e. The predicted octanol–water partition coefficient (Wildman–Crippen LogP) is 0.684. The third kappa shape index (κ3) is 4.52. The Bertz CT molecular complexity index is 410. The lowest BCUT2D eigenvalue weighted by molar-refractivity contribution is -0.132. The number of hydrogen-bond acceptors (Lipinski definition) is 4. The van der Waals surface area contributed by atoms with Gasteiger partial charge >= 0.3 is 0 Å². The predicted molar refractivity (Wildman–Crippen MR) is 91.5 cm³/mol. The van der Waals surface area contributed by atoms with Crippen LogP contribution in [0.4, 0.5) is 0 Å². The van der Waals surface area contributed by atoms with Gasteiger partial charge in [-0.1, -0.05) is 0 Å². The zero-order chi connectivity index (χ0) is 16.0. The van der Waals surface area contributed by atoms with Crippen LogP contribution in [-0.4, -0.2) is 74.2 Å². The Morgan fingerprint density at radius 3 is 2.82 bits per heavy atom. The Hall–Kier alpha value is -0.950. The molecule has 2 aliphatic rings. The van der Waals surface area contributed by atoms with E-state index >= 15 is 0 Å². The van der Waals surface area contributed by atoms with Crippen LogP contribution in [0, 0.1) is 0 Å². The fraction of sp³-hybridized carbons (Fsp3) is 0.867. The number of nitrogens with one attached hydrogen (secondary N) is 2. The van der Waals surface area contributed by atoms with Crippen molar-refractivity contribution in [2.24, 2.45) is 4.99 Å². The molecule has 0 aromatic carbocycles. The van der Waals surface area contributed by atoms with Crippen molar-refractivity contribution in [1.82, 2.24) is 15.5 Å². The van der Waals surface area contributed by atoms with Gasteiger partial charge in [0, 0.05) is 57.6 Å². The fourth-order valence-corrected chi connectivity index (χ4v) is 3.75. The van der Waals surface area contributed by atoms with E-state index in [-0.39, 0.29) is 16.7 Å². The first-order valence-electron chi connectivity index (χ1n) is 7.92.